The van der Waals surface area contributed by atoms with Gasteiger partial charge in [0.15, 0.2) is 0 Å². The monoisotopic (exact) mass is 452 g/mol. The van der Waals surface area contributed by atoms with Crippen LogP contribution >= 0.6 is 19.5 Å². The van der Waals surface area contributed by atoms with E-state index in [9.17, 15) is 22.5 Å². The molecule has 29 heavy (non-hydrogen) atoms. The molecule has 1 amide bonds. The predicted octanol–water partition coefficient (Wildman–Crippen LogP) is 4.42. The lowest BCUT2D eigenvalue weighted by atomic mass is 9.83. The van der Waals surface area contributed by atoms with Crippen molar-refractivity contribution in [2.45, 2.75) is 24.0 Å². The number of amides is 1. The number of rotatable bonds is 3. The second-order valence-corrected chi connectivity index (χ2v) is 10.8. The summed E-state index contributed by atoms with van der Waals surface area (Å²) < 4.78 is 72.0. The van der Waals surface area contributed by atoms with Gasteiger partial charge in [-0.05, 0) is 31.4 Å². The van der Waals surface area contributed by atoms with Crippen LogP contribution in [0.5, 0.6) is 0 Å². The summed E-state index contributed by atoms with van der Waals surface area (Å²) in [4.78, 5) is 13.1. The number of nitrogens with two attached hydrogens (primary N) is 1. The summed E-state index contributed by atoms with van der Waals surface area (Å²) in [5.41, 5.74) is 5.00. The molecule has 2 N–H and O–H groups in total. The molecule has 3 rings (SSSR count). The highest BCUT2D eigenvalue weighted by Crippen LogP contribution is 2.68. The fourth-order valence-electron chi connectivity index (χ4n) is 3.84. The van der Waals surface area contributed by atoms with Crippen LogP contribution in [0.15, 0.2) is 48.2 Å². The molecule has 1 saturated heterocycles. The summed E-state index contributed by atoms with van der Waals surface area (Å²) in [6.45, 7) is 1.97. The Balaban J connectivity index is 0.00000300. The van der Waals surface area contributed by atoms with Gasteiger partial charge in [-0.1, -0.05) is 36.4 Å². The van der Waals surface area contributed by atoms with Crippen LogP contribution in [0, 0.1) is 5.92 Å². The number of carbonyl (C=O) groups is 1. The third-order valence-corrected chi connectivity index (χ3v) is 7.30. The van der Waals surface area contributed by atoms with Crippen molar-refractivity contribution in [3.8, 4) is 0 Å². The van der Waals surface area contributed by atoms with Crippen molar-refractivity contribution in [3.63, 3.8) is 0 Å². The molecule has 2 aliphatic rings. The maximum atomic E-state index is 16.5. The van der Waals surface area contributed by atoms with Crippen LogP contribution in [0.2, 0.25) is 0 Å². The zero-order valence-corrected chi connectivity index (χ0v) is 17.5. The van der Waals surface area contributed by atoms with E-state index in [1.54, 1.807) is 18.2 Å². The summed E-state index contributed by atoms with van der Waals surface area (Å²) in [5.74, 6) is -3.43. The fourth-order valence-corrected chi connectivity index (χ4v) is 5.52. The van der Waals surface area contributed by atoms with Gasteiger partial charge in [0.25, 0.3) is 0 Å². The van der Waals surface area contributed by atoms with Crippen molar-refractivity contribution in [2.75, 3.05) is 19.9 Å². The average Bonchev–Trinajstić information content (AvgIpc) is 2.92. The van der Waals surface area contributed by atoms with E-state index in [1.165, 1.54) is 18.2 Å². The van der Waals surface area contributed by atoms with Gasteiger partial charge in [-0.2, -0.15) is 13.2 Å². The molecule has 10 heteroatoms. The van der Waals surface area contributed by atoms with Crippen LogP contribution in [0.4, 0.5) is 17.6 Å². The lowest BCUT2D eigenvalue weighted by molar-refractivity contribution is -0.184. The van der Waals surface area contributed by atoms with E-state index in [1.807, 2.05) is 0 Å². The highest BCUT2D eigenvalue weighted by atomic mass is 35.5. The standard InChI is InChI=1S/C19H21F4N2O2P.ClH/c1-28(2,27)18(20)13(12-6-4-3-5-7-12)8-9-15(16(18)19(21,22)23)25-11-10-14(24)17(25)26;/h3-9,14,16H,10-11,24H2,1-2H3;1H. The molecule has 3 unspecified atom stereocenters. The fraction of sp³-hybridized carbons (Fsp3) is 0.421. The largest absolute Gasteiger partial charge is 0.401 e. The van der Waals surface area contributed by atoms with Gasteiger partial charge < -0.3 is 15.2 Å². The maximum Gasteiger partial charge on any atom is 0.401 e. The van der Waals surface area contributed by atoms with Gasteiger partial charge in [0, 0.05) is 17.8 Å². The van der Waals surface area contributed by atoms with Crippen molar-refractivity contribution >= 4 is 31.0 Å². The molecule has 1 heterocycles. The number of hydrogen-bond donors (Lipinski definition) is 1. The Bertz CT molecular complexity index is 897. The maximum absolute atomic E-state index is 16.5. The average molecular weight is 453 g/mol. The number of alkyl halides is 4. The van der Waals surface area contributed by atoms with E-state index in [-0.39, 0.29) is 36.5 Å². The molecule has 3 atom stereocenters. The van der Waals surface area contributed by atoms with E-state index in [2.05, 4.69) is 0 Å². The zero-order chi connectivity index (χ0) is 20.9. The highest BCUT2D eigenvalue weighted by molar-refractivity contribution is 7.64. The number of likely N-dealkylation sites (tertiary alicyclic amines) is 1. The number of carbonyl (C=O) groups excluding carboxylic acids is 1. The summed E-state index contributed by atoms with van der Waals surface area (Å²) in [5, 5.41) is -3.22. The Kier molecular flexibility index (Phi) is 6.44. The summed E-state index contributed by atoms with van der Waals surface area (Å²) in [7, 11) is -4.00. The molecule has 0 spiro atoms. The Morgan fingerprint density at radius 2 is 1.76 bits per heavy atom. The number of allylic oxidation sites excluding steroid dienone is 4. The lowest BCUT2D eigenvalue weighted by Gasteiger charge is -2.44. The van der Waals surface area contributed by atoms with Crippen LogP contribution < -0.4 is 5.73 Å². The second kappa shape index (κ2) is 7.89. The number of nitrogens with zero attached hydrogens (tertiary/aromatic N) is 1. The van der Waals surface area contributed by atoms with Crippen LogP contribution in [0.1, 0.15) is 12.0 Å². The Labute approximate surface area is 172 Å². The first-order chi connectivity index (χ1) is 12.9. The number of hydrogen-bond acceptors (Lipinski definition) is 3. The first-order valence-electron chi connectivity index (χ1n) is 8.74. The van der Waals surface area contributed by atoms with Crippen molar-refractivity contribution < 1.29 is 26.9 Å². The predicted molar refractivity (Wildman–Crippen MR) is 107 cm³/mol. The summed E-state index contributed by atoms with van der Waals surface area (Å²) >= 11 is 0. The van der Waals surface area contributed by atoms with Gasteiger partial charge in [0.1, 0.15) is 13.1 Å². The Morgan fingerprint density at radius 3 is 2.21 bits per heavy atom. The molecule has 160 valence electrons. The van der Waals surface area contributed by atoms with Crippen molar-refractivity contribution in [3.05, 3.63) is 53.7 Å². The molecular weight excluding hydrogens is 431 g/mol. The first kappa shape index (κ1) is 23.6. The van der Waals surface area contributed by atoms with Gasteiger partial charge in [-0.25, -0.2) is 4.39 Å². The number of benzene rings is 1. The van der Waals surface area contributed by atoms with E-state index in [0.29, 0.717) is 0 Å². The zero-order valence-electron chi connectivity index (χ0n) is 15.8. The number of halogens is 5. The van der Waals surface area contributed by atoms with E-state index < -0.39 is 42.3 Å². The topological polar surface area (TPSA) is 63.4 Å². The third-order valence-electron chi connectivity index (χ3n) is 5.23. The van der Waals surface area contributed by atoms with E-state index in [4.69, 9.17) is 5.73 Å². The minimum absolute atomic E-state index is 0. The minimum Gasteiger partial charge on any atom is -0.320 e. The van der Waals surface area contributed by atoms with E-state index in [0.717, 1.165) is 24.3 Å². The van der Waals surface area contributed by atoms with Gasteiger partial charge in [0.05, 0.1) is 6.04 Å². The lowest BCUT2D eigenvalue weighted by Crippen LogP contribution is -2.50. The molecule has 0 radical (unpaired) electrons. The smallest absolute Gasteiger partial charge is 0.320 e. The van der Waals surface area contributed by atoms with Gasteiger partial charge >= 0.3 is 6.18 Å². The van der Waals surface area contributed by atoms with Gasteiger partial charge in [0.2, 0.25) is 11.3 Å². The van der Waals surface area contributed by atoms with E-state index >= 15 is 4.39 Å². The second-order valence-electron chi connectivity index (χ2n) is 7.42. The van der Waals surface area contributed by atoms with Crippen LogP contribution in [-0.2, 0) is 9.36 Å². The summed E-state index contributed by atoms with van der Waals surface area (Å²) in [6, 6.07) is 6.79. The highest BCUT2D eigenvalue weighted by Gasteiger charge is 2.65. The molecule has 0 saturated carbocycles. The van der Waals surface area contributed by atoms with Crippen LogP contribution in [0.25, 0.3) is 5.57 Å². The third kappa shape index (κ3) is 3.90. The molecule has 1 aromatic carbocycles. The molecule has 1 aliphatic carbocycles. The molecule has 0 aromatic heterocycles. The molecule has 1 fully saturated rings. The van der Waals surface area contributed by atoms with Crippen molar-refractivity contribution in [2.24, 2.45) is 11.7 Å². The van der Waals surface area contributed by atoms with Crippen molar-refractivity contribution in [1.29, 1.82) is 0 Å². The molecule has 1 aliphatic heterocycles. The molecule has 4 nitrogen and oxygen atoms in total. The first-order valence-corrected chi connectivity index (χ1v) is 11.3. The van der Waals surface area contributed by atoms with Crippen LogP contribution in [-0.4, -0.2) is 48.3 Å². The van der Waals surface area contributed by atoms with Crippen LogP contribution in [0.3, 0.4) is 0 Å². The normalized spacial score (nSPS) is 28.0. The van der Waals surface area contributed by atoms with Gasteiger partial charge in [-0.15, -0.1) is 12.4 Å². The molecule has 1 aromatic rings. The molecule has 0 bridgehead atoms. The van der Waals surface area contributed by atoms with Gasteiger partial charge in [-0.3, -0.25) is 4.79 Å². The Hall–Kier alpha value is -1.63. The SMILES string of the molecule is CP(C)(=O)C1(F)C(c2ccccc2)=CC=C(N2CCC(N)C2=O)C1C(F)(F)F.Cl. The quantitative estimate of drug-likeness (QED) is 0.545. The summed E-state index contributed by atoms with van der Waals surface area (Å²) in [6.07, 6.45) is -2.59. The Morgan fingerprint density at radius 1 is 1.17 bits per heavy atom. The van der Waals surface area contributed by atoms with Crippen molar-refractivity contribution in [1.82, 2.24) is 4.90 Å². The molecular formula is C19H22ClF4N2O2P. The minimum atomic E-state index is -5.07.